The summed E-state index contributed by atoms with van der Waals surface area (Å²) in [5.41, 5.74) is 6.58. The van der Waals surface area contributed by atoms with Gasteiger partial charge in [-0.25, -0.2) is 0 Å². The fourth-order valence-corrected chi connectivity index (χ4v) is 2.23. The Bertz CT molecular complexity index is 414. The van der Waals surface area contributed by atoms with E-state index in [1.54, 1.807) is 12.1 Å². The van der Waals surface area contributed by atoms with E-state index in [0.29, 0.717) is 21.6 Å². The monoisotopic (exact) mass is 292 g/mol. The highest BCUT2D eigenvalue weighted by molar-refractivity contribution is 7.80. The number of nitrogens with two attached hydrogens (primary N) is 1. The van der Waals surface area contributed by atoms with E-state index in [2.05, 4.69) is 0 Å². The highest BCUT2D eigenvalue weighted by Crippen LogP contribution is 2.28. The average Bonchev–Trinajstić information content (AvgIpc) is 2.23. The first-order valence-corrected chi connectivity index (χ1v) is 6.19. The molecule has 6 heteroatoms. The van der Waals surface area contributed by atoms with Gasteiger partial charge in [-0.1, -0.05) is 41.5 Å². The third-order valence-electron chi connectivity index (χ3n) is 2.42. The molecule has 0 spiro atoms. The van der Waals surface area contributed by atoms with Crippen LogP contribution in [0.5, 0.6) is 0 Å². The molecular weight excluding hydrogens is 279 g/mol. The van der Waals surface area contributed by atoms with Crippen molar-refractivity contribution < 1.29 is 5.11 Å². The Labute approximate surface area is 116 Å². The van der Waals surface area contributed by atoms with Gasteiger partial charge in [0.05, 0.1) is 27.7 Å². The van der Waals surface area contributed by atoms with Crippen LogP contribution in [0.25, 0.3) is 0 Å². The van der Waals surface area contributed by atoms with Gasteiger partial charge in [0.1, 0.15) is 0 Å². The van der Waals surface area contributed by atoms with E-state index in [1.807, 2.05) is 18.0 Å². The van der Waals surface area contributed by atoms with Crippen LogP contribution in [-0.2, 0) is 0 Å². The molecule has 0 radical (unpaired) electrons. The fourth-order valence-electron chi connectivity index (χ4n) is 1.61. The molecule has 1 rings (SSSR count). The summed E-state index contributed by atoms with van der Waals surface area (Å²) in [6, 6.07) is 5.01. The smallest absolute Gasteiger partial charge is 0.0948 e. The summed E-state index contributed by atoms with van der Waals surface area (Å²) < 4.78 is 0. The van der Waals surface area contributed by atoms with Crippen molar-refractivity contribution in [3.63, 3.8) is 0 Å². The number of nitrogens with zero attached hydrogens (tertiary/aromatic N) is 1. The summed E-state index contributed by atoms with van der Waals surface area (Å²) in [7, 11) is 1.84. The molecule has 0 aromatic heterocycles. The lowest BCUT2D eigenvalue weighted by Gasteiger charge is -2.27. The van der Waals surface area contributed by atoms with E-state index in [9.17, 15) is 0 Å². The second kappa shape index (κ2) is 6.52. The van der Waals surface area contributed by atoms with Gasteiger partial charge in [0.25, 0.3) is 0 Å². The zero-order valence-electron chi connectivity index (χ0n) is 9.36. The van der Waals surface area contributed by atoms with E-state index in [-0.39, 0.29) is 12.6 Å². The van der Waals surface area contributed by atoms with E-state index >= 15 is 0 Å². The highest BCUT2D eigenvalue weighted by Gasteiger charge is 2.20. The minimum atomic E-state index is -0.257. The summed E-state index contributed by atoms with van der Waals surface area (Å²) in [4.78, 5) is 2.20. The number of rotatable bonds is 5. The molecule has 0 aliphatic rings. The second-order valence-corrected chi connectivity index (χ2v) is 4.97. The first-order valence-electron chi connectivity index (χ1n) is 5.02. The topological polar surface area (TPSA) is 49.5 Å². The summed E-state index contributed by atoms with van der Waals surface area (Å²) in [5, 5.41) is 9.89. The van der Waals surface area contributed by atoms with Crippen molar-refractivity contribution in [2.45, 2.75) is 6.04 Å². The minimum Gasteiger partial charge on any atom is -0.395 e. The van der Waals surface area contributed by atoms with Crippen molar-refractivity contribution in [1.29, 1.82) is 0 Å². The molecule has 3 nitrogen and oxygen atoms in total. The van der Waals surface area contributed by atoms with Gasteiger partial charge in [0.2, 0.25) is 0 Å². The van der Waals surface area contributed by atoms with Crippen LogP contribution in [0.15, 0.2) is 18.2 Å². The zero-order chi connectivity index (χ0) is 13.0. The molecule has 0 fully saturated rings. The van der Waals surface area contributed by atoms with Crippen LogP contribution in [-0.4, -0.2) is 35.2 Å². The van der Waals surface area contributed by atoms with E-state index in [1.165, 1.54) is 0 Å². The predicted octanol–water partition coefficient (Wildman–Crippen LogP) is 2.24. The van der Waals surface area contributed by atoms with Gasteiger partial charge in [-0.05, 0) is 24.7 Å². The van der Waals surface area contributed by atoms with E-state index in [4.69, 9.17) is 46.3 Å². The lowest BCUT2D eigenvalue weighted by atomic mass is 10.1. The van der Waals surface area contributed by atoms with E-state index in [0.717, 1.165) is 5.56 Å². The molecule has 94 valence electrons. The lowest BCUT2D eigenvalue weighted by molar-refractivity contribution is 0.207. The standard InChI is InChI=1S/C11H14Cl2N2OS/c1-15(4-5-16)10(11(14)17)7-2-3-8(12)9(13)6-7/h2-3,6,10,16H,4-5H2,1H3,(H2,14,17). The lowest BCUT2D eigenvalue weighted by Crippen LogP contribution is -2.35. The van der Waals surface area contributed by atoms with Crippen LogP contribution in [0.3, 0.4) is 0 Å². The third kappa shape index (κ3) is 3.79. The number of likely N-dealkylation sites (N-methyl/N-ethyl adjacent to an activating group) is 1. The van der Waals surface area contributed by atoms with Crippen molar-refractivity contribution in [2.24, 2.45) is 5.73 Å². The maximum Gasteiger partial charge on any atom is 0.0948 e. The molecule has 0 bridgehead atoms. The molecule has 0 heterocycles. The number of halogens is 2. The van der Waals surface area contributed by atoms with Crippen LogP contribution in [0.4, 0.5) is 0 Å². The van der Waals surface area contributed by atoms with Crippen molar-refractivity contribution in [3.8, 4) is 0 Å². The van der Waals surface area contributed by atoms with Crippen LogP contribution < -0.4 is 5.73 Å². The van der Waals surface area contributed by atoms with Gasteiger partial charge < -0.3 is 10.8 Å². The molecule has 0 aliphatic heterocycles. The number of benzene rings is 1. The second-order valence-electron chi connectivity index (χ2n) is 3.68. The Hall–Kier alpha value is -0.390. The SMILES string of the molecule is CN(CCO)C(C(N)=S)c1ccc(Cl)c(Cl)c1. The summed E-state index contributed by atoms with van der Waals surface area (Å²) in [6.07, 6.45) is 0. The fraction of sp³-hybridized carbons (Fsp3) is 0.364. The largest absolute Gasteiger partial charge is 0.395 e. The van der Waals surface area contributed by atoms with Gasteiger partial charge in [-0.3, -0.25) is 4.90 Å². The normalized spacial score (nSPS) is 12.8. The first-order chi connectivity index (χ1) is 7.97. The van der Waals surface area contributed by atoms with E-state index < -0.39 is 0 Å². The van der Waals surface area contributed by atoms with Crippen LogP contribution >= 0.6 is 35.4 Å². The van der Waals surface area contributed by atoms with Crippen LogP contribution in [0.1, 0.15) is 11.6 Å². The number of hydrogen-bond acceptors (Lipinski definition) is 3. The highest BCUT2D eigenvalue weighted by atomic mass is 35.5. The molecule has 1 atom stereocenters. The number of thiocarbonyl (C=S) groups is 1. The third-order valence-corrected chi connectivity index (χ3v) is 3.38. The molecule has 17 heavy (non-hydrogen) atoms. The molecule has 0 aliphatic carbocycles. The molecule has 1 aromatic carbocycles. The van der Waals surface area contributed by atoms with Gasteiger partial charge in [-0.2, -0.15) is 0 Å². The molecule has 1 unspecified atom stereocenters. The Morgan fingerprint density at radius 2 is 2.12 bits per heavy atom. The number of aliphatic hydroxyl groups excluding tert-OH is 1. The Balaban J connectivity index is 3.05. The van der Waals surface area contributed by atoms with Crippen molar-refractivity contribution >= 4 is 40.4 Å². The number of hydrogen-bond donors (Lipinski definition) is 2. The number of aliphatic hydroxyl groups is 1. The molecule has 0 amide bonds. The molecular formula is C11H14Cl2N2OS. The molecule has 1 aromatic rings. The van der Waals surface area contributed by atoms with Crippen molar-refractivity contribution in [3.05, 3.63) is 33.8 Å². The zero-order valence-corrected chi connectivity index (χ0v) is 11.7. The van der Waals surface area contributed by atoms with Crippen LogP contribution in [0.2, 0.25) is 10.0 Å². The average molecular weight is 293 g/mol. The predicted molar refractivity (Wildman–Crippen MR) is 75.7 cm³/mol. The maximum absolute atomic E-state index is 8.94. The summed E-state index contributed by atoms with van der Waals surface area (Å²) in [6.45, 7) is 0.513. The van der Waals surface area contributed by atoms with Crippen molar-refractivity contribution in [2.75, 3.05) is 20.2 Å². The maximum atomic E-state index is 8.94. The van der Waals surface area contributed by atoms with Gasteiger partial charge in [0, 0.05) is 6.54 Å². The summed E-state index contributed by atoms with van der Waals surface area (Å²) in [5.74, 6) is 0. The Kier molecular flexibility index (Phi) is 5.62. The van der Waals surface area contributed by atoms with Crippen LogP contribution in [0, 0.1) is 0 Å². The van der Waals surface area contributed by atoms with Gasteiger partial charge >= 0.3 is 0 Å². The Morgan fingerprint density at radius 1 is 1.47 bits per heavy atom. The van der Waals surface area contributed by atoms with Gasteiger partial charge in [0.15, 0.2) is 0 Å². The van der Waals surface area contributed by atoms with Crippen molar-refractivity contribution in [1.82, 2.24) is 4.90 Å². The molecule has 3 N–H and O–H groups in total. The van der Waals surface area contributed by atoms with Gasteiger partial charge in [-0.15, -0.1) is 0 Å². The Morgan fingerprint density at radius 3 is 2.59 bits per heavy atom. The quantitative estimate of drug-likeness (QED) is 0.818. The first kappa shape index (κ1) is 14.7. The molecule has 0 saturated carbocycles. The summed E-state index contributed by atoms with van der Waals surface area (Å²) >= 11 is 16.9. The molecule has 0 saturated heterocycles. The minimum absolute atomic E-state index is 0.0386.